The predicted molar refractivity (Wildman–Crippen MR) is 84.7 cm³/mol. The molecule has 1 fully saturated rings. The maximum atomic E-state index is 11.4. The van der Waals surface area contributed by atoms with E-state index < -0.39 is 5.97 Å². The normalized spacial score (nSPS) is 16.2. The summed E-state index contributed by atoms with van der Waals surface area (Å²) >= 11 is 0. The lowest BCUT2D eigenvalue weighted by Crippen LogP contribution is -2.27. The highest BCUT2D eigenvalue weighted by Crippen LogP contribution is 2.24. The zero-order chi connectivity index (χ0) is 15.7. The standard InChI is InChI=1S/C16H22N4O2/c1-11(2)12-9-14-17-13(16(21)22)10-15(20(14)18-12)19-7-5-3-4-6-8-19/h9-11H,3-8H2,1-2H3,(H,21,22). The molecule has 6 nitrogen and oxygen atoms in total. The summed E-state index contributed by atoms with van der Waals surface area (Å²) in [6.45, 7) is 6.03. The fraction of sp³-hybridized carbons (Fsp3) is 0.562. The number of hydrogen-bond acceptors (Lipinski definition) is 4. The zero-order valence-corrected chi connectivity index (χ0v) is 13.1. The van der Waals surface area contributed by atoms with Crippen molar-refractivity contribution in [1.82, 2.24) is 14.6 Å². The third kappa shape index (κ3) is 2.77. The minimum Gasteiger partial charge on any atom is -0.477 e. The van der Waals surface area contributed by atoms with E-state index >= 15 is 0 Å². The molecule has 0 bridgehead atoms. The van der Waals surface area contributed by atoms with Crippen LogP contribution in [0.4, 0.5) is 5.82 Å². The molecular formula is C16H22N4O2. The molecule has 0 aliphatic carbocycles. The van der Waals surface area contributed by atoms with E-state index in [2.05, 4.69) is 28.8 Å². The van der Waals surface area contributed by atoms with Crippen molar-refractivity contribution in [3.05, 3.63) is 23.5 Å². The van der Waals surface area contributed by atoms with E-state index in [1.54, 1.807) is 10.6 Å². The van der Waals surface area contributed by atoms with Crippen LogP contribution in [-0.2, 0) is 0 Å². The van der Waals surface area contributed by atoms with E-state index in [-0.39, 0.29) is 11.6 Å². The second kappa shape index (κ2) is 5.94. The average Bonchev–Trinajstić information content (AvgIpc) is 2.73. The van der Waals surface area contributed by atoms with Gasteiger partial charge in [0, 0.05) is 25.2 Å². The molecule has 0 aromatic carbocycles. The quantitative estimate of drug-likeness (QED) is 0.944. The van der Waals surface area contributed by atoms with Crippen molar-refractivity contribution in [2.45, 2.75) is 45.4 Å². The van der Waals surface area contributed by atoms with Gasteiger partial charge in [-0.15, -0.1) is 0 Å². The molecule has 3 heterocycles. The van der Waals surface area contributed by atoms with Crippen LogP contribution < -0.4 is 4.90 Å². The second-order valence-electron chi connectivity index (χ2n) is 6.20. The number of aromatic carboxylic acids is 1. The van der Waals surface area contributed by atoms with Crippen molar-refractivity contribution in [3.8, 4) is 0 Å². The summed E-state index contributed by atoms with van der Waals surface area (Å²) in [6, 6.07) is 3.54. The maximum Gasteiger partial charge on any atom is 0.354 e. The van der Waals surface area contributed by atoms with Crippen LogP contribution in [0.2, 0.25) is 0 Å². The van der Waals surface area contributed by atoms with Gasteiger partial charge < -0.3 is 10.0 Å². The Balaban J connectivity index is 2.13. The van der Waals surface area contributed by atoms with Crippen molar-refractivity contribution >= 4 is 17.4 Å². The molecule has 0 amide bonds. The number of fused-ring (bicyclic) bond motifs is 1. The molecule has 0 atom stereocenters. The molecular weight excluding hydrogens is 280 g/mol. The summed E-state index contributed by atoms with van der Waals surface area (Å²) in [4.78, 5) is 17.8. The van der Waals surface area contributed by atoms with Gasteiger partial charge in [0.15, 0.2) is 11.3 Å². The van der Waals surface area contributed by atoms with E-state index in [9.17, 15) is 9.90 Å². The Morgan fingerprint density at radius 1 is 1.18 bits per heavy atom. The zero-order valence-electron chi connectivity index (χ0n) is 13.1. The highest BCUT2D eigenvalue weighted by atomic mass is 16.4. The van der Waals surface area contributed by atoms with Crippen LogP contribution in [0.25, 0.3) is 5.65 Å². The van der Waals surface area contributed by atoms with E-state index in [0.29, 0.717) is 5.65 Å². The first-order chi connectivity index (χ1) is 10.6. The summed E-state index contributed by atoms with van der Waals surface area (Å²) in [6.07, 6.45) is 4.72. The van der Waals surface area contributed by atoms with Crippen LogP contribution in [0.1, 0.15) is 61.6 Å². The van der Waals surface area contributed by atoms with Gasteiger partial charge in [-0.1, -0.05) is 26.7 Å². The number of rotatable bonds is 3. The first kappa shape index (κ1) is 14.8. The third-order valence-corrected chi connectivity index (χ3v) is 4.17. The van der Waals surface area contributed by atoms with Gasteiger partial charge in [-0.2, -0.15) is 9.61 Å². The smallest absolute Gasteiger partial charge is 0.354 e. The summed E-state index contributed by atoms with van der Waals surface area (Å²) < 4.78 is 1.80. The summed E-state index contributed by atoms with van der Waals surface area (Å²) in [5.74, 6) is 0.133. The average molecular weight is 302 g/mol. The predicted octanol–water partition coefficient (Wildman–Crippen LogP) is 2.93. The number of anilines is 1. The van der Waals surface area contributed by atoms with E-state index in [1.807, 2.05) is 6.07 Å². The summed E-state index contributed by atoms with van der Waals surface area (Å²) in [5.41, 5.74) is 1.64. The topological polar surface area (TPSA) is 70.7 Å². The van der Waals surface area contributed by atoms with Crippen LogP contribution in [-0.4, -0.2) is 38.8 Å². The minimum atomic E-state index is -0.995. The lowest BCUT2D eigenvalue weighted by atomic mass is 10.1. The molecule has 0 radical (unpaired) electrons. The lowest BCUT2D eigenvalue weighted by molar-refractivity contribution is 0.0690. The molecule has 1 N–H and O–H groups in total. The number of carboxylic acids is 1. The second-order valence-corrected chi connectivity index (χ2v) is 6.20. The maximum absolute atomic E-state index is 11.4. The lowest BCUT2D eigenvalue weighted by Gasteiger charge is -2.23. The molecule has 1 aliphatic heterocycles. The third-order valence-electron chi connectivity index (χ3n) is 4.17. The molecule has 0 saturated carbocycles. The molecule has 1 saturated heterocycles. The Hall–Kier alpha value is -2.11. The van der Waals surface area contributed by atoms with E-state index in [4.69, 9.17) is 0 Å². The number of carbonyl (C=O) groups is 1. The van der Waals surface area contributed by atoms with Crippen molar-refractivity contribution in [2.24, 2.45) is 0 Å². The van der Waals surface area contributed by atoms with Crippen LogP contribution in [0.15, 0.2) is 12.1 Å². The van der Waals surface area contributed by atoms with Crippen molar-refractivity contribution in [1.29, 1.82) is 0 Å². The Bertz CT molecular complexity index is 685. The minimum absolute atomic E-state index is 0.0851. The van der Waals surface area contributed by atoms with Crippen LogP contribution in [0, 0.1) is 0 Å². The number of hydrogen-bond donors (Lipinski definition) is 1. The van der Waals surface area contributed by atoms with Gasteiger partial charge in [-0.3, -0.25) is 0 Å². The highest BCUT2D eigenvalue weighted by Gasteiger charge is 2.19. The fourth-order valence-corrected chi connectivity index (χ4v) is 2.89. The monoisotopic (exact) mass is 302 g/mol. The van der Waals surface area contributed by atoms with Gasteiger partial charge >= 0.3 is 5.97 Å². The first-order valence-corrected chi connectivity index (χ1v) is 7.95. The molecule has 2 aromatic heterocycles. The molecule has 0 unspecified atom stereocenters. The van der Waals surface area contributed by atoms with Crippen molar-refractivity contribution in [3.63, 3.8) is 0 Å². The molecule has 2 aromatic rings. The van der Waals surface area contributed by atoms with Crippen molar-refractivity contribution in [2.75, 3.05) is 18.0 Å². The van der Waals surface area contributed by atoms with Gasteiger partial charge in [0.1, 0.15) is 5.82 Å². The molecule has 3 rings (SSSR count). The van der Waals surface area contributed by atoms with Gasteiger partial charge in [-0.25, -0.2) is 9.78 Å². The number of nitrogens with zero attached hydrogens (tertiary/aromatic N) is 4. The van der Waals surface area contributed by atoms with Crippen LogP contribution in [0.5, 0.6) is 0 Å². The van der Waals surface area contributed by atoms with Crippen LogP contribution in [0.3, 0.4) is 0 Å². The van der Waals surface area contributed by atoms with Gasteiger partial charge in [0.25, 0.3) is 0 Å². The number of carboxylic acid groups (broad SMARTS) is 1. The highest BCUT2D eigenvalue weighted by molar-refractivity contribution is 5.87. The SMILES string of the molecule is CC(C)c1cc2nc(C(=O)O)cc(N3CCCCCC3)n2n1. The fourth-order valence-electron chi connectivity index (χ4n) is 2.89. The number of aromatic nitrogens is 3. The Morgan fingerprint density at radius 3 is 2.45 bits per heavy atom. The first-order valence-electron chi connectivity index (χ1n) is 7.95. The van der Waals surface area contributed by atoms with Gasteiger partial charge in [-0.05, 0) is 18.8 Å². The molecule has 0 spiro atoms. The molecule has 6 heteroatoms. The van der Waals surface area contributed by atoms with Crippen LogP contribution >= 0.6 is 0 Å². The van der Waals surface area contributed by atoms with E-state index in [1.165, 1.54) is 12.8 Å². The molecule has 118 valence electrons. The summed E-state index contributed by atoms with van der Waals surface area (Å²) in [5, 5.41) is 14.0. The Labute approximate surface area is 129 Å². The largest absolute Gasteiger partial charge is 0.477 e. The Morgan fingerprint density at radius 2 is 1.86 bits per heavy atom. The van der Waals surface area contributed by atoms with Gasteiger partial charge in [0.05, 0.1) is 5.69 Å². The van der Waals surface area contributed by atoms with Gasteiger partial charge in [0.2, 0.25) is 0 Å². The van der Waals surface area contributed by atoms with Crippen molar-refractivity contribution < 1.29 is 9.90 Å². The molecule has 1 aliphatic rings. The molecule has 22 heavy (non-hydrogen) atoms. The van der Waals surface area contributed by atoms with E-state index in [0.717, 1.165) is 37.4 Å². The summed E-state index contributed by atoms with van der Waals surface area (Å²) in [7, 11) is 0. The Kier molecular flexibility index (Phi) is 4.00.